The van der Waals surface area contributed by atoms with Crippen molar-refractivity contribution in [2.75, 3.05) is 0 Å². The summed E-state index contributed by atoms with van der Waals surface area (Å²) in [5.41, 5.74) is 10.3. The number of nitrogens with zero attached hydrogens (tertiary/aromatic N) is 6. The van der Waals surface area contributed by atoms with Crippen LogP contribution in [0.3, 0.4) is 0 Å². The Morgan fingerprint density at radius 3 is 2.72 bits per heavy atom. The zero-order valence-corrected chi connectivity index (χ0v) is 10.1. The maximum Gasteiger partial charge on any atom is 0.252 e. The minimum Gasteiger partial charge on any atom is -0.359 e. The predicted molar refractivity (Wildman–Crippen MR) is 61.3 cm³/mol. The number of aryl methyl sites for hydroxylation is 3. The number of rotatable bonds is 2. The van der Waals surface area contributed by atoms with Gasteiger partial charge in [-0.15, -0.1) is 0 Å². The minimum absolute atomic E-state index is 0.257. The molecule has 0 saturated heterocycles. The molecule has 0 aromatic carbocycles. The van der Waals surface area contributed by atoms with E-state index in [1.807, 2.05) is 0 Å². The molecule has 0 aliphatic rings. The number of hydrogen-bond donors (Lipinski definition) is 0. The number of carbonyl (C=O) groups excluding carboxylic acids is 1. The zero-order chi connectivity index (χ0) is 13.3. The van der Waals surface area contributed by atoms with E-state index in [9.17, 15) is 4.79 Å². The fraction of sp³-hybridized carbons (Fsp3) is 0.300. The van der Waals surface area contributed by atoms with Gasteiger partial charge in [-0.05, 0) is 31.4 Å². The van der Waals surface area contributed by atoms with Gasteiger partial charge < -0.3 is 4.52 Å². The van der Waals surface area contributed by atoms with E-state index < -0.39 is 5.91 Å². The third-order valence-corrected chi connectivity index (χ3v) is 2.49. The summed E-state index contributed by atoms with van der Waals surface area (Å²) in [4.78, 5) is 14.0. The topological polar surface area (TPSA) is 110 Å². The Bertz CT molecular complexity index is 642. The molecule has 0 spiro atoms. The lowest BCUT2D eigenvalue weighted by Gasteiger charge is -1.97. The van der Waals surface area contributed by atoms with Gasteiger partial charge in [0.2, 0.25) is 0 Å². The van der Waals surface area contributed by atoms with Crippen LogP contribution in [0.4, 0.5) is 0 Å². The average molecular weight is 246 g/mol. The Kier molecular flexibility index (Phi) is 2.86. The third-order valence-electron chi connectivity index (χ3n) is 2.49. The van der Waals surface area contributed by atoms with E-state index in [1.165, 1.54) is 10.9 Å². The van der Waals surface area contributed by atoms with Gasteiger partial charge in [0.1, 0.15) is 11.4 Å². The van der Waals surface area contributed by atoms with Gasteiger partial charge in [0, 0.05) is 11.1 Å². The Morgan fingerprint density at radius 2 is 2.17 bits per heavy atom. The first-order valence-electron chi connectivity index (χ1n) is 5.13. The van der Waals surface area contributed by atoms with Gasteiger partial charge in [-0.3, -0.25) is 4.79 Å². The summed E-state index contributed by atoms with van der Waals surface area (Å²) in [6, 6.07) is 0. The molecular formula is C10H10N6O2. The van der Waals surface area contributed by atoms with Gasteiger partial charge in [-0.1, -0.05) is 5.16 Å². The molecule has 0 unspecified atom stereocenters. The van der Waals surface area contributed by atoms with E-state index in [-0.39, 0.29) is 5.56 Å². The van der Waals surface area contributed by atoms with Crippen LogP contribution in [-0.2, 0) is 0 Å². The molecule has 2 rings (SSSR count). The highest BCUT2D eigenvalue weighted by Gasteiger charge is 2.17. The fourth-order valence-electron chi connectivity index (χ4n) is 1.68. The summed E-state index contributed by atoms with van der Waals surface area (Å²) in [7, 11) is 0. The lowest BCUT2D eigenvalue weighted by molar-refractivity contribution is 0.1000. The zero-order valence-electron chi connectivity index (χ0n) is 10.1. The van der Waals surface area contributed by atoms with Crippen molar-refractivity contribution >= 4 is 5.91 Å². The quantitative estimate of drug-likeness (QED) is 0.459. The first-order chi connectivity index (χ1) is 8.54. The van der Waals surface area contributed by atoms with E-state index in [0.717, 1.165) is 0 Å². The molecule has 0 bridgehead atoms. The SMILES string of the molecule is Cc1nn(-c2c(C)noc2C)cc1C(=O)N=[N+]=[N-]. The molecule has 0 aliphatic carbocycles. The molecule has 0 N–H and O–H groups in total. The van der Waals surface area contributed by atoms with Crippen molar-refractivity contribution in [3.8, 4) is 5.69 Å². The van der Waals surface area contributed by atoms with E-state index in [4.69, 9.17) is 10.1 Å². The van der Waals surface area contributed by atoms with Crippen LogP contribution >= 0.6 is 0 Å². The second-order valence-corrected chi connectivity index (χ2v) is 3.74. The van der Waals surface area contributed by atoms with Crippen LogP contribution in [-0.4, -0.2) is 20.8 Å². The maximum absolute atomic E-state index is 11.5. The fourth-order valence-corrected chi connectivity index (χ4v) is 1.68. The van der Waals surface area contributed by atoms with Crippen molar-refractivity contribution in [3.63, 3.8) is 0 Å². The largest absolute Gasteiger partial charge is 0.359 e. The van der Waals surface area contributed by atoms with E-state index in [1.54, 1.807) is 20.8 Å². The molecule has 0 atom stereocenters. The molecule has 2 heterocycles. The minimum atomic E-state index is -0.659. The van der Waals surface area contributed by atoms with Crippen LogP contribution in [0.25, 0.3) is 16.1 Å². The molecule has 2 aromatic rings. The summed E-state index contributed by atoms with van der Waals surface area (Å²) in [5.74, 6) is -0.0641. The predicted octanol–water partition coefficient (Wildman–Crippen LogP) is 2.24. The standard InChI is InChI=1S/C10H10N6O2/c1-5-8(10(17)12-15-11)4-16(13-5)9-6(2)14-18-7(9)3/h4H,1-3H3. The number of carbonyl (C=O) groups is 1. The summed E-state index contributed by atoms with van der Waals surface area (Å²) in [5, 5.41) is 11.0. The van der Waals surface area contributed by atoms with Gasteiger partial charge in [-0.2, -0.15) is 5.10 Å². The summed E-state index contributed by atoms with van der Waals surface area (Å²) in [6.07, 6.45) is 1.50. The Hall–Kier alpha value is -2.60. The molecule has 92 valence electrons. The second-order valence-electron chi connectivity index (χ2n) is 3.74. The van der Waals surface area contributed by atoms with Crippen LogP contribution in [0, 0.1) is 20.8 Å². The normalized spacial score (nSPS) is 10.2. The van der Waals surface area contributed by atoms with Gasteiger partial charge in [0.15, 0.2) is 5.76 Å². The van der Waals surface area contributed by atoms with Crippen molar-refractivity contribution in [2.45, 2.75) is 20.8 Å². The number of hydrogen-bond acceptors (Lipinski definition) is 4. The molecular weight excluding hydrogens is 236 g/mol. The Balaban J connectivity index is 2.53. The highest BCUT2D eigenvalue weighted by Crippen LogP contribution is 2.19. The van der Waals surface area contributed by atoms with Gasteiger partial charge in [-0.25, -0.2) is 4.68 Å². The summed E-state index contributed by atoms with van der Waals surface area (Å²) >= 11 is 0. The van der Waals surface area contributed by atoms with E-state index >= 15 is 0 Å². The molecule has 0 radical (unpaired) electrons. The van der Waals surface area contributed by atoms with Crippen LogP contribution in [0.15, 0.2) is 15.8 Å². The molecule has 18 heavy (non-hydrogen) atoms. The van der Waals surface area contributed by atoms with E-state index in [2.05, 4.69) is 20.3 Å². The van der Waals surface area contributed by atoms with Crippen molar-refractivity contribution in [2.24, 2.45) is 5.11 Å². The molecule has 0 saturated carbocycles. The van der Waals surface area contributed by atoms with Gasteiger partial charge in [0.25, 0.3) is 5.91 Å². The average Bonchev–Trinajstić information content (AvgIpc) is 2.83. The molecule has 8 heteroatoms. The molecule has 2 aromatic heterocycles. The molecule has 8 nitrogen and oxygen atoms in total. The van der Waals surface area contributed by atoms with Crippen molar-refractivity contribution in [1.29, 1.82) is 0 Å². The lowest BCUT2D eigenvalue weighted by Crippen LogP contribution is -1.97. The smallest absolute Gasteiger partial charge is 0.252 e. The maximum atomic E-state index is 11.5. The number of aromatic nitrogens is 3. The van der Waals surface area contributed by atoms with Crippen molar-refractivity contribution in [3.05, 3.63) is 39.4 Å². The second kappa shape index (κ2) is 4.34. The van der Waals surface area contributed by atoms with Crippen LogP contribution < -0.4 is 0 Å². The third kappa shape index (κ3) is 1.85. The van der Waals surface area contributed by atoms with Gasteiger partial charge in [0.05, 0.1) is 11.3 Å². The monoisotopic (exact) mass is 246 g/mol. The van der Waals surface area contributed by atoms with Crippen LogP contribution in [0.2, 0.25) is 0 Å². The lowest BCUT2D eigenvalue weighted by atomic mass is 10.2. The van der Waals surface area contributed by atoms with E-state index in [0.29, 0.717) is 22.8 Å². The van der Waals surface area contributed by atoms with Crippen molar-refractivity contribution < 1.29 is 9.32 Å². The summed E-state index contributed by atoms with van der Waals surface area (Å²) < 4.78 is 6.53. The molecule has 0 fully saturated rings. The number of amides is 1. The first kappa shape index (κ1) is 11.9. The number of azide groups is 1. The molecule has 0 aliphatic heterocycles. The molecule has 1 amide bonds. The Labute approximate surface area is 102 Å². The van der Waals surface area contributed by atoms with Crippen LogP contribution in [0.1, 0.15) is 27.5 Å². The Morgan fingerprint density at radius 1 is 1.44 bits per heavy atom. The summed E-state index contributed by atoms with van der Waals surface area (Å²) in [6.45, 7) is 5.19. The van der Waals surface area contributed by atoms with Gasteiger partial charge >= 0.3 is 0 Å². The highest BCUT2D eigenvalue weighted by atomic mass is 16.5. The highest BCUT2D eigenvalue weighted by molar-refractivity contribution is 5.95. The first-order valence-corrected chi connectivity index (χ1v) is 5.13. The van der Waals surface area contributed by atoms with Crippen LogP contribution in [0.5, 0.6) is 0 Å². The van der Waals surface area contributed by atoms with Crippen molar-refractivity contribution in [1.82, 2.24) is 14.9 Å².